The van der Waals surface area contributed by atoms with E-state index in [1.807, 2.05) is 117 Å². The van der Waals surface area contributed by atoms with Gasteiger partial charge in [-0.25, -0.2) is 9.97 Å². The van der Waals surface area contributed by atoms with E-state index in [-0.39, 0.29) is 69.5 Å². The van der Waals surface area contributed by atoms with E-state index in [0.29, 0.717) is 37.8 Å². The van der Waals surface area contributed by atoms with Crippen LogP contribution in [0.5, 0.6) is 0 Å². The van der Waals surface area contributed by atoms with Crippen LogP contribution in [0, 0.1) is 29.6 Å². The number of aryl methyl sites for hydroxylation is 1. The Labute approximate surface area is 483 Å². The van der Waals surface area contributed by atoms with Gasteiger partial charge in [0.1, 0.15) is 23.2 Å². The summed E-state index contributed by atoms with van der Waals surface area (Å²) in [5.74, 6) is 5.28. The number of likely N-dealkylation sites (tertiary alicyclic amines) is 1. The highest BCUT2D eigenvalue weighted by molar-refractivity contribution is 7.13. The first-order valence-electron chi connectivity index (χ1n) is 28.6. The molecule has 7 aromatic rings. The van der Waals surface area contributed by atoms with Gasteiger partial charge >= 0.3 is 0 Å². The summed E-state index contributed by atoms with van der Waals surface area (Å²) in [5, 5.41) is 40.1. The van der Waals surface area contributed by atoms with Crippen molar-refractivity contribution < 1.29 is 34.1 Å². The average Bonchev–Trinajstić information content (AvgIpc) is 4.16. The predicted molar refractivity (Wildman–Crippen MR) is 319 cm³/mol. The Morgan fingerprint density at radius 1 is 0.805 bits per heavy atom. The fourth-order valence-electron chi connectivity index (χ4n) is 11.0. The monoisotopic (exact) mass is 1130 g/mol. The number of benzene rings is 4. The van der Waals surface area contributed by atoms with Crippen molar-refractivity contribution in [2.75, 3.05) is 26.3 Å². The molecule has 0 bridgehead atoms. The molecular formula is C65H75N9O7S. The molecule has 3 atom stereocenters. The van der Waals surface area contributed by atoms with E-state index in [4.69, 9.17) is 9.72 Å². The highest BCUT2D eigenvalue weighted by atomic mass is 32.1. The molecule has 6 N–H and O–H groups in total. The average molecular weight is 1130 g/mol. The molecule has 0 unspecified atom stereocenters. The quantitative estimate of drug-likeness (QED) is 0.0299. The Kier molecular flexibility index (Phi) is 19.6. The smallest absolute Gasteiger partial charge is 0.246 e. The minimum Gasteiger partial charge on any atom is -0.393 e. The predicted octanol–water partition coefficient (Wildman–Crippen LogP) is 8.85. The number of nitrogens with one attached hydrogen (secondary N) is 4. The van der Waals surface area contributed by atoms with Crippen LogP contribution in [0.1, 0.15) is 113 Å². The highest BCUT2D eigenvalue weighted by Crippen LogP contribution is 2.40. The number of unbranched alkanes of at least 4 members (excludes halogenated alkanes) is 2. The summed E-state index contributed by atoms with van der Waals surface area (Å²) in [7, 11) is 0. The molecule has 82 heavy (non-hydrogen) atoms. The van der Waals surface area contributed by atoms with E-state index < -0.39 is 35.4 Å². The van der Waals surface area contributed by atoms with E-state index in [0.717, 1.165) is 91.9 Å². The van der Waals surface area contributed by atoms with Gasteiger partial charge in [0, 0.05) is 69.0 Å². The minimum absolute atomic E-state index is 0.0241. The van der Waals surface area contributed by atoms with Gasteiger partial charge in [0.25, 0.3) is 0 Å². The Bertz CT molecular complexity index is 3460. The molecule has 16 nitrogen and oxygen atoms in total. The second-order valence-electron chi connectivity index (χ2n) is 22.6. The second kappa shape index (κ2) is 27.3. The van der Waals surface area contributed by atoms with Gasteiger partial charge in [-0.2, -0.15) is 0 Å². The van der Waals surface area contributed by atoms with Gasteiger partial charge in [-0.1, -0.05) is 130 Å². The van der Waals surface area contributed by atoms with Crippen LogP contribution in [-0.2, 0) is 37.0 Å². The molecule has 1 saturated carbocycles. The van der Waals surface area contributed by atoms with Crippen molar-refractivity contribution in [3.05, 3.63) is 149 Å². The Morgan fingerprint density at radius 2 is 1.51 bits per heavy atom. The molecule has 4 amide bonds. The zero-order valence-corrected chi connectivity index (χ0v) is 48.1. The van der Waals surface area contributed by atoms with E-state index in [1.54, 1.807) is 11.3 Å². The molecule has 4 heterocycles. The van der Waals surface area contributed by atoms with E-state index in [9.17, 15) is 34.8 Å². The van der Waals surface area contributed by atoms with Crippen molar-refractivity contribution >= 4 is 46.0 Å². The molecule has 0 spiro atoms. The summed E-state index contributed by atoms with van der Waals surface area (Å²) in [6, 6.07) is 34.9. The van der Waals surface area contributed by atoms with Crippen LogP contribution in [-0.4, -0.2) is 108 Å². The number of aliphatic hydroxyl groups excluding tert-OH is 2. The standard InChI is InChI=1S/C65H75N9O7S/c1-43-59(82-42-70-43)49-25-23-45(24-26-49)38-68-63(79)53-37-52(76)40-72(53)64(80)60(65(2,3)4)71-55(78)32-35-81-34-31-54(77)67-33-14-6-5-9-16-44-17-15-18-46(36-44)39-73-58(48-21-12-8-13-22-48)56(47-19-10-7-11-20-47)57-61(66)74(41-69-62(57)73)50-27-29-51(75)30-28-50/h7-8,10-13,15,17-26,36,41-42,50-53,60,66,75-76H,5-6,14,27-35,37-40H2,1-4H3,(H,67,77)(H,68,79)(H,71,78)/t50?,51?,52-,53+,60-/m1/s1. The number of ether oxygens (including phenoxy) is 1. The fraction of sp³-hybridized carbons (Fsp3) is 0.400. The fourth-order valence-corrected chi connectivity index (χ4v) is 11.8. The Balaban J connectivity index is 0.715. The number of nitrogens with zero attached hydrogens (tertiary/aromatic N) is 5. The summed E-state index contributed by atoms with van der Waals surface area (Å²) in [5.41, 5.74) is 11.1. The molecule has 2 aliphatic rings. The first kappa shape index (κ1) is 58.9. The van der Waals surface area contributed by atoms with Crippen molar-refractivity contribution in [2.24, 2.45) is 5.41 Å². The number of β-amino-alcohol motifs (C(OH)–C–C–N with tert-alkyl or cyclic N) is 1. The van der Waals surface area contributed by atoms with Crippen molar-refractivity contribution in [3.8, 4) is 44.7 Å². The number of hydrogen-bond donors (Lipinski definition) is 6. The van der Waals surface area contributed by atoms with Crippen LogP contribution in [0.2, 0.25) is 0 Å². The molecule has 1 aliphatic heterocycles. The number of aromatic nitrogens is 4. The molecule has 0 radical (unpaired) electrons. The number of carbonyl (C=O) groups excluding carboxylic acids is 4. The zero-order valence-electron chi connectivity index (χ0n) is 47.3. The lowest BCUT2D eigenvalue weighted by molar-refractivity contribution is -0.144. The molecule has 4 aromatic carbocycles. The van der Waals surface area contributed by atoms with Gasteiger partial charge in [0.05, 0.1) is 58.9 Å². The van der Waals surface area contributed by atoms with Crippen LogP contribution in [0.15, 0.2) is 121 Å². The van der Waals surface area contributed by atoms with Crippen LogP contribution in [0.3, 0.4) is 0 Å². The number of fused-ring (bicyclic) bond motifs is 1. The van der Waals surface area contributed by atoms with Crippen molar-refractivity contribution in [1.82, 2.24) is 40.0 Å². The number of carbonyl (C=O) groups is 4. The lowest BCUT2D eigenvalue weighted by atomic mass is 9.85. The Morgan fingerprint density at radius 3 is 2.21 bits per heavy atom. The summed E-state index contributed by atoms with van der Waals surface area (Å²) in [6.07, 6.45) is 6.04. The van der Waals surface area contributed by atoms with Gasteiger partial charge in [0.2, 0.25) is 23.6 Å². The third kappa shape index (κ3) is 14.6. The van der Waals surface area contributed by atoms with Gasteiger partial charge in [-0.3, -0.25) is 24.6 Å². The highest BCUT2D eigenvalue weighted by Gasteiger charge is 2.44. The van der Waals surface area contributed by atoms with Crippen LogP contribution < -0.4 is 21.4 Å². The summed E-state index contributed by atoms with van der Waals surface area (Å²) < 4.78 is 9.89. The van der Waals surface area contributed by atoms with Crippen LogP contribution in [0.4, 0.5) is 0 Å². The topological polar surface area (TPSA) is 217 Å². The van der Waals surface area contributed by atoms with Crippen LogP contribution >= 0.6 is 11.3 Å². The lowest BCUT2D eigenvalue weighted by Crippen LogP contribution is -2.57. The molecule has 9 rings (SSSR count). The van der Waals surface area contributed by atoms with Crippen molar-refractivity contribution in [3.63, 3.8) is 0 Å². The minimum atomic E-state index is -0.965. The van der Waals surface area contributed by atoms with Gasteiger partial charge in [0.15, 0.2) is 0 Å². The first-order chi connectivity index (χ1) is 39.6. The van der Waals surface area contributed by atoms with Gasteiger partial charge in [-0.15, -0.1) is 11.3 Å². The van der Waals surface area contributed by atoms with E-state index in [1.165, 1.54) is 4.90 Å². The maximum absolute atomic E-state index is 14.1. The molecular weight excluding hydrogens is 1050 g/mol. The second-order valence-corrected chi connectivity index (χ2v) is 23.4. The van der Waals surface area contributed by atoms with Crippen molar-refractivity contribution in [1.29, 1.82) is 5.41 Å². The summed E-state index contributed by atoms with van der Waals surface area (Å²) in [6.45, 7) is 8.88. The summed E-state index contributed by atoms with van der Waals surface area (Å²) >= 11 is 1.57. The third-order valence-electron chi connectivity index (χ3n) is 15.4. The zero-order chi connectivity index (χ0) is 57.8. The number of amides is 4. The maximum atomic E-state index is 14.1. The maximum Gasteiger partial charge on any atom is 0.246 e. The van der Waals surface area contributed by atoms with E-state index >= 15 is 0 Å². The number of rotatable bonds is 21. The summed E-state index contributed by atoms with van der Waals surface area (Å²) in [4.78, 5) is 65.3. The Hall–Kier alpha value is -7.75. The normalized spacial score (nSPS) is 17.5. The van der Waals surface area contributed by atoms with Gasteiger partial charge in [-0.05, 0) is 90.8 Å². The van der Waals surface area contributed by atoms with Gasteiger partial charge < -0.3 is 44.9 Å². The molecule has 3 aromatic heterocycles. The van der Waals surface area contributed by atoms with Crippen molar-refractivity contribution in [2.45, 2.75) is 135 Å². The van der Waals surface area contributed by atoms with E-state index in [2.05, 4.69) is 73.7 Å². The largest absolute Gasteiger partial charge is 0.393 e. The SMILES string of the molecule is Cc1ncsc1-c1ccc(CNC(=O)[C@@H]2C[C@@H](O)CN2C(=O)[C@@H](NC(=O)CCOCCC(=O)NCCCCC#Cc2cccc(Cn3c(-c4ccccc4)c(-c4ccccc4)c4c(=N)n(C5CCC(O)CC5)cnc43)c2)C(C)(C)C)cc1. The molecule has 1 saturated heterocycles. The molecule has 1 aliphatic carbocycles. The lowest BCUT2D eigenvalue weighted by Gasteiger charge is -2.35. The first-order valence-corrected chi connectivity index (χ1v) is 29.4. The number of aliphatic hydroxyl groups is 2. The third-order valence-corrected chi connectivity index (χ3v) is 16.4. The molecule has 428 valence electrons. The molecule has 2 fully saturated rings. The molecule has 17 heteroatoms. The number of thiazole rings is 1. The van der Waals surface area contributed by atoms with Crippen LogP contribution in [0.25, 0.3) is 43.9 Å². The number of hydrogen-bond acceptors (Lipinski definition) is 11.